The molecule has 0 aliphatic carbocycles. The van der Waals surface area contributed by atoms with Crippen molar-refractivity contribution in [3.63, 3.8) is 0 Å². The van der Waals surface area contributed by atoms with E-state index in [4.69, 9.17) is 4.74 Å². The maximum Gasteiger partial charge on any atom is 0.255 e. The summed E-state index contributed by atoms with van der Waals surface area (Å²) in [6, 6.07) is 14.3. The van der Waals surface area contributed by atoms with Crippen molar-refractivity contribution < 1.29 is 14.3 Å². The molecule has 2 aromatic carbocycles. The molecule has 0 saturated heterocycles. The average molecular weight is 368 g/mol. The zero-order chi connectivity index (χ0) is 19.6. The number of rotatable bonds is 9. The first kappa shape index (κ1) is 20.5. The lowest BCUT2D eigenvalue weighted by molar-refractivity contribution is -0.116. The first-order chi connectivity index (χ1) is 13.0. The number of benzene rings is 2. The number of unbranched alkanes of at least 4 members (excludes halogenated alkanes) is 3. The van der Waals surface area contributed by atoms with Gasteiger partial charge in [0.2, 0.25) is 5.91 Å². The van der Waals surface area contributed by atoms with Gasteiger partial charge in [0.15, 0.2) is 0 Å². The maximum absolute atomic E-state index is 12.4. The first-order valence-electron chi connectivity index (χ1n) is 9.40. The summed E-state index contributed by atoms with van der Waals surface area (Å²) < 4.78 is 5.70. The fraction of sp³-hybridized carbons (Fsp3) is 0.364. The molecule has 0 unspecified atom stereocenters. The van der Waals surface area contributed by atoms with Gasteiger partial charge in [0.1, 0.15) is 5.75 Å². The third-order valence-corrected chi connectivity index (χ3v) is 4.35. The number of amides is 2. The van der Waals surface area contributed by atoms with E-state index in [0.29, 0.717) is 17.9 Å². The smallest absolute Gasteiger partial charge is 0.255 e. The molecule has 1 N–H and O–H groups in total. The Labute approximate surface area is 161 Å². The Morgan fingerprint density at radius 2 is 1.78 bits per heavy atom. The molecule has 0 atom stereocenters. The summed E-state index contributed by atoms with van der Waals surface area (Å²) in [5, 5.41) is 2.86. The minimum atomic E-state index is -0.202. The number of hydrogen-bond donors (Lipinski definition) is 1. The van der Waals surface area contributed by atoms with Crippen LogP contribution >= 0.6 is 0 Å². The van der Waals surface area contributed by atoms with E-state index in [2.05, 4.69) is 12.2 Å². The first-order valence-corrected chi connectivity index (χ1v) is 9.40. The van der Waals surface area contributed by atoms with Crippen LogP contribution in [0.15, 0.2) is 48.5 Å². The summed E-state index contributed by atoms with van der Waals surface area (Å²) in [6.07, 6.45) is 4.65. The van der Waals surface area contributed by atoms with Crippen molar-refractivity contribution in [2.45, 2.75) is 39.5 Å². The predicted molar refractivity (Wildman–Crippen MR) is 110 cm³/mol. The molecule has 0 fully saturated rings. The number of ether oxygens (including phenoxy) is 1. The average Bonchev–Trinajstić information content (AvgIpc) is 2.67. The Bertz CT molecular complexity index is 756. The summed E-state index contributed by atoms with van der Waals surface area (Å²) in [6.45, 7) is 4.38. The van der Waals surface area contributed by atoms with E-state index in [1.807, 2.05) is 18.2 Å². The van der Waals surface area contributed by atoms with Crippen LogP contribution in [-0.4, -0.2) is 25.5 Å². The van der Waals surface area contributed by atoms with E-state index in [-0.39, 0.29) is 11.8 Å². The van der Waals surface area contributed by atoms with Crippen molar-refractivity contribution in [2.75, 3.05) is 23.9 Å². The van der Waals surface area contributed by atoms with E-state index in [9.17, 15) is 9.59 Å². The fourth-order valence-electron chi connectivity index (χ4n) is 2.60. The Hall–Kier alpha value is -2.82. The van der Waals surface area contributed by atoms with Crippen molar-refractivity contribution in [3.8, 4) is 5.75 Å². The van der Waals surface area contributed by atoms with Crippen LogP contribution in [0.5, 0.6) is 5.75 Å². The van der Waals surface area contributed by atoms with Gasteiger partial charge in [-0.2, -0.15) is 0 Å². The molecule has 2 aromatic rings. The molecule has 0 heterocycles. The lowest BCUT2D eigenvalue weighted by Gasteiger charge is -2.16. The number of nitrogens with one attached hydrogen (secondary N) is 1. The fourth-order valence-corrected chi connectivity index (χ4v) is 2.60. The van der Waals surface area contributed by atoms with Crippen LogP contribution in [0.25, 0.3) is 0 Å². The van der Waals surface area contributed by atoms with Gasteiger partial charge < -0.3 is 15.0 Å². The Morgan fingerprint density at radius 3 is 2.44 bits per heavy atom. The number of nitrogens with zero attached hydrogens (tertiary/aromatic N) is 1. The predicted octanol–water partition coefficient (Wildman–Crippen LogP) is 4.88. The Balaban J connectivity index is 1.92. The van der Waals surface area contributed by atoms with E-state index in [0.717, 1.165) is 17.9 Å². The van der Waals surface area contributed by atoms with Crippen molar-refractivity contribution in [2.24, 2.45) is 0 Å². The van der Waals surface area contributed by atoms with Crippen molar-refractivity contribution >= 4 is 23.2 Å². The number of carbonyl (C=O) groups is 2. The summed E-state index contributed by atoms with van der Waals surface area (Å²) >= 11 is 0. The van der Waals surface area contributed by atoms with Crippen LogP contribution in [0, 0.1) is 0 Å². The highest BCUT2D eigenvalue weighted by Gasteiger charge is 2.09. The monoisotopic (exact) mass is 368 g/mol. The van der Waals surface area contributed by atoms with Gasteiger partial charge >= 0.3 is 0 Å². The quantitative estimate of drug-likeness (QED) is 0.642. The van der Waals surface area contributed by atoms with Gasteiger partial charge in [-0.3, -0.25) is 9.59 Å². The van der Waals surface area contributed by atoms with Crippen molar-refractivity contribution in [1.29, 1.82) is 0 Å². The summed E-state index contributed by atoms with van der Waals surface area (Å²) in [5.74, 6) is 0.504. The zero-order valence-corrected chi connectivity index (χ0v) is 16.3. The zero-order valence-electron chi connectivity index (χ0n) is 16.3. The molecule has 144 valence electrons. The van der Waals surface area contributed by atoms with Gasteiger partial charge in [0.25, 0.3) is 5.91 Å². The van der Waals surface area contributed by atoms with Crippen LogP contribution < -0.4 is 15.0 Å². The second-order valence-electron chi connectivity index (χ2n) is 6.52. The standard InChI is InChI=1S/C22H28N2O3/c1-4-5-6-7-15-27-21-13-11-18(12-14-21)22(26)23-19-9-8-10-20(16-19)24(3)17(2)25/h8-14,16H,4-7,15H2,1-3H3,(H,23,26). The van der Waals surface area contributed by atoms with E-state index in [1.165, 1.54) is 31.1 Å². The molecule has 5 heteroatoms. The molecular weight excluding hydrogens is 340 g/mol. The summed E-state index contributed by atoms with van der Waals surface area (Å²) in [5.41, 5.74) is 1.92. The third kappa shape index (κ3) is 6.44. The molecule has 0 aliphatic heterocycles. The molecule has 0 aliphatic rings. The van der Waals surface area contributed by atoms with Crippen LogP contribution in [0.4, 0.5) is 11.4 Å². The summed E-state index contributed by atoms with van der Waals surface area (Å²) in [7, 11) is 1.70. The molecule has 0 saturated carbocycles. The van der Waals surface area contributed by atoms with Crippen LogP contribution in [0.1, 0.15) is 49.9 Å². The summed E-state index contributed by atoms with van der Waals surface area (Å²) in [4.78, 5) is 25.5. The van der Waals surface area contributed by atoms with Gasteiger partial charge in [0, 0.05) is 30.9 Å². The van der Waals surface area contributed by atoms with Crippen LogP contribution in [0.2, 0.25) is 0 Å². The lowest BCUT2D eigenvalue weighted by Crippen LogP contribution is -2.23. The number of anilines is 2. The number of carbonyl (C=O) groups excluding carboxylic acids is 2. The second-order valence-corrected chi connectivity index (χ2v) is 6.52. The topological polar surface area (TPSA) is 58.6 Å². The highest BCUT2D eigenvalue weighted by molar-refractivity contribution is 6.04. The minimum absolute atomic E-state index is 0.0660. The minimum Gasteiger partial charge on any atom is -0.494 e. The Kier molecular flexibility index (Phi) is 7.86. The molecule has 0 spiro atoms. The van der Waals surface area contributed by atoms with E-state index >= 15 is 0 Å². The Morgan fingerprint density at radius 1 is 1.04 bits per heavy atom. The highest BCUT2D eigenvalue weighted by atomic mass is 16.5. The molecule has 27 heavy (non-hydrogen) atoms. The SMILES string of the molecule is CCCCCCOc1ccc(C(=O)Nc2cccc(N(C)C(C)=O)c2)cc1. The largest absolute Gasteiger partial charge is 0.494 e. The molecule has 2 amide bonds. The second kappa shape index (κ2) is 10.4. The van der Waals surface area contributed by atoms with E-state index < -0.39 is 0 Å². The van der Waals surface area contributed by atoms with Gasteiger partial charge in [0.05, 0.1) is 6.61 Å². The molecule has 0 aromatic heterocycles. The van der Waals surface area contributed by atoms with Gasteiger partial charge in [-0.15, -0.1) is 0 Å². The lowest BCUT2D eigenvalue weighted by atomic mass is 10.2. The molecular formula is C22H28N2O3. The third-order valence-electron chi connectivity index (χ3n) is 4.35. The van der Waals surface area contributed by atoms with Gasteiger partial charge in [-0.1, -0.05) is 32.3 Å². The van der Waals surface area contributed by atoms with Crippen molar-refractivity contribution in [3.05, 3.63) is 54.1 Å². The molecule has 0 radical (unpaired) electrons. The molecule has 0 bridgehead atoms. The van der Waals surface area contributed by atoms with Gasteiger partial charge in [-0.05, 0) is 48.9 Å². The number of hydrogen-bond acceptors (Lipinski definition) is 3. The van der Waals surface area contributed by atoms with Crippen LogP contribution in [-0.2, 0) is 4.79 Å². The molecule has 2 rings (SSSR count). The van der Waals surface area contributed by atoms with E-state index in [1.54, 1.807) is 37.4 Å². The highest BCUT2D eigenvalue weighted by Crippen LogP contribution is 2.20. The van der Waals surface area contributed by atoms with Crippen molar-refractivity contribution in [1.82, 2.24) is 0 Å². The maximum atomic E-state index is 12.4. The van der Waals surface area contributed by atoms with Gasteiger partial charge in [-0.25, -0.2) is 0 Å². The normalized spacial score (nSPS) is 10.3. The van der Waals surface area contributed by atoms with Crippen LogP contribution in [0.3, 0.4) is 0 Å². The molecule has 5 nitrogen and oxygen atoms in total.